The predicted molar refractivity (Wildman–Crippen MR) is 84.7 cm³/mol. The maximum atomic E-state index is 11.7. The number of nitrogens with two attached hydrogens (primary N) is 1. The molecule has 110 valence electrons. The molecule has 1 rings (SSSR count). The second kappa shape index (κ2) is 8.99. The maximum absolute atomic E-state index is 11.7. The lowest BCUT2D eigenvalue weighted by molar-refractivity contribution is -0.144. The van der Waals surface area contributed by atoms with Gasteiger partial charge in [0.2, 0.25) is 5.91 Å². The number of rotatable bonds is 7. The minimum Gasteiger partial charge on any atom is -0.465 e. The van der Waals surface area contributed by atoms with Gasteiger partial charge >= 0.3 is 5.97 Å². The molecule has 1 unspecified atom stereocenters. The van der Waals surface area contributed by atoms with Crippen molar-refractivity contribution >= 4 is 45.3 Å². The molecule has 1 aromatic carbocycles. The minimum absolute atomic E-state index is 0.131. The fraction of sp³-hybridized carbons (Fsp3) is 0.385. The van der Waals surface area contributed by atoms with Crippen LogP contribution in [0.5, 0.6) is 0 Å². The van der Waals surface area contributed by atoms with Crippen LogP contribution in [-0.4, -0.2) is 36.0 Å². The Balaban J connectivity index is 2.26. The Morgan fingerprint density at radius 3 is 2.65 bits per heavy atom. The number of esters is 1. The van der Waals surface area contributed by atoms with Crippen LogP contribution in [0.25, 0.3) is 0 Å². The van der Waals surface area contributed by atoms with E-state index in [2.05, 4.69) is 21.2 Å². The van der Waals surface area contributed by atoms with Gasteiger partial charge in [0.05, 0.1) is 12.4 Å². The second-order valence-corrected chi connectivity index (χ2v) is 5.87. The molecule has 1 aromatic rings. The van der Waals surface area contributed by atoms with Crippen LogP contribution in [0.4, 0.5) is 5.69 Å². The van der Waals surface area contributed by atoms with Crippen molar-refractivity contribution in [3.8, 4) is 0 Å². The molecule has 1 atom stereocenters. The zero-order chi connectivity index (χ0) is 15.0. The molecule has 0 heterocycles. The molecule has 0 aliphatic heterocycles. The largest absolute Gasteiger partial charge is 0.465 e. The van der Waals surface area contributed by atoms with E-state index in [1.807, 2.05) is 12.1 Å². The van der Waals surface area contributed by atoms with Gasteiger partial charge in [0.1, 0.15) is 6.04 Å². The Morgan fingerprint density at radius 1 is 1.40 bits per heavy atom. The standard InChI is InChI=1S/C13H17BrN2O3S/c1-2-19-13(18)11(15)7-20-8-12(17)16-10-5-3-9(14)4-6-10/h3-6,11H,2,7-8,15H2,1H3,(H,16,17). The van der Waals surface area contributed by atoms with Gasteiger partial charge in [-0.1, -0.05) is 15.9 Å². The summed E-state index contributed by atoms with van der Waals surface area (Å²) < 4.78 is 5.74. The van der Waals surface area contributed by atoms with Gasteiger partial charge < -0.3 is 15.8 Å². The summed E-state index contributed by atoms with van der Waals surface area (Å²) in [4.78, 5) is 22.9. The topological polar surface area (TPSA) is 81.4 Å². The highest BCUT2D eigenvalue weighted by atomic mass is 79.9. The number of anilines is 1. The monoisotopic (exact) mass is 360 g/mol. The molecule has 0 spiro atoms. The van der Waals surface area contributed by atoms with E-state index in [1.54, 1.807) is 19.1 Å². The van der Waals surface area contributed by atoms with Crippen molar-refractivity contribution in [2.24, 2.45) is 5.73 Å². The normalized spacial score (nSPS) is 11.8. The number of hydrogen-bond donors (Lipinski definition) is 2. The molecule has 0 aliphatic carbocycles. The number of ether oxygens (including phenoxy) is 1. The van der Waals surface area contributed by atoms with Crippen molar-refractivity contribution in [3.05, 3.63) is 28.7 Å². The van der Waals surface area contributed by atoms with Gasteiger partial charge in [0.25, 0.3) is 0 Å². The van der Waals surface area contributed by atoms with E-state index in [0.717, 1.165) is 10.2 Å². The van der Waals surface area contributed by atoms with Gasteiger partial charge in [0, 0.05) is 15.9 Å². The first-order valence-corrected chi connectivity index (χ1v) is 8.03. The quantitative estimate of drug-likeness (QED) is 0.726. The highest BCUT2D eigenvalue weighted by molar-refractivity contribution is 9.10. The predicted octanol–water partition coefficient (Wildman–Crippen LogP) is 2.01. The van der Waals surface area contributed by atoms with E-state index in [9.17, 15) is 9.59 Å². The average molecular weight is 361 g/mol. The van der Waals surface area contributed by atoms with E-state index in [4.69, 9.17) is 10.5 Å². The molecular formula is C13H17BrN2O3S. The number of hydrogen-bond acceptors (Lipinski definition) is 5. The second-order valence-electron chi connectivity index (χ2n) is 3.93. The number of carbonyl (C=O) groups excluding carboxylic acids is 2. The summed E-state index contributed by atoms with van der Waals surface area (Å²) in [6.07, 6.45) is 0. The van der Waals surface area contributed by atoms with Crippen molar-refractivity contribution < 1.29 is 14.3 Å². The van der Waals surface area contributed by atoms with E-state index >= 15 is 0 Å². The first-order chi connectivity index (χ1) is 9.52. The molecule has 0 aromatic heterocycles. The highest BCUT2D eigenvalue weighted by Gasteiger charge is 2.15. The van der Waals surface area contributed by atoms with Crippen molar-refractivity contribution in [1.82, 2.24) is 0 Å². The van der Waals surface area contributed by atoms with Gasteiger partial charge in [-0.25, -0.2) is 0 Å². The third-order valence-corrected chi connectivity index (χ3v) is 3.84. The van der Waals surface area contributed by atoms with Crippen molar-refractivity contribution in [1.29, 1.82) is 0 Å². The summed E-state index contributed by atoms with van der Waals surface area (Å²) in [5.74, 6) is 0.0251. The maximum Gasteiger partial charge on any atom is 0.323 e. The lowest BCUT2D eigenvalue weighted by atomic mass is 10.3. The van der Waals surface area contributed by atoms with Crippen LogP contribution in [0.15, 0.2) is 28.7 Å². The Bertz CT molecular complexity index is 453. The van der Waals surface area contributed by atoms with Gasteiger partial charge in [-0.15, -0.1) is 11.8 Å². The fourth-order valence-electron chi connectivity index (χ4n) is 1.33. The number of benzene rings is 1. The van der Waals surface area contributed by atoms with Crippen LogP contribution in [0.1, 0.15) is 6.92 Å². The van der Waals surface area contributed by atoms with Gasteiger partial charge in [-0.2, -0.15) is 0 Å². The minimum atomic E-state index is -0.694. The third kappa shape index (κ3) is 6.40. The molecule has 7 heteroatoms. The van der Waals surface area contributed by atoms with Crippen molar-refractivity contribution in [2.45, 2.75) is 13.0 Å². The molecule has 20 heavy (non-hydrogen) atoms. The first kappa shape index (κ1) is 17.0. The smallest absolute Gasteiger partial charge is 0.323 e. The molecule has 0 aliphatic rings. The van der Waals surface area contributed by atoms with Crippen LogP contribution >= 0.6 is 27.7 Å². The number of halogens is 1. The highest BCUT2D eigenvalue weighted by Crippen LogP contribution is 2.14. The molecule has 0 bridgehead atoms. The molecule has 0 radical (unpaired) electrons. The summed E-state index contributed by atoms with van der Waals surface area (Å²) >= 11 is 4.62. The van der Waals surface area contributed by atoms with Crippen LogP contribution < -0.4 is 11.1 Å². The van der Waals surface area contributed by atoms with Gasteiger partial charge in [0.15, 0.2) is 0 Å². The first-order valence-electron chi connectivity index (χ1n) is 6.08. The van der Waals surface area contributed by atoms with E-state index < -0.39 is 12.0 Å². The third-order valence-electron chi connectivity index (χ3n) is 2.25. The molecule has 0 saturated carbocycles. The summed E-state index contributed by atoms with van der Waals surface area (Å²) in [5, 5.41) is 2.76. The van der Waals surface area contributed by atoms with Crippen molar-refractivity contribution in [3.63, 3.8) is 0 Å². The molecular weight excluding hydrogens is 344 g/mol. The van der Waals surface area contributed by atoms with Crippen LogP contribution in [-0.2, 0) is 14.3 Å². The number of carbonyl (C=O) groups is 2. The molecule has 5 nitrogen and oxygen atoms in total. The number of amides is 1. The van der Waals surface area contributed by atoms with Crippen LogP contribution in [0.2, 0.25) is 0 Å². The number of nitrogens with one attached hydrogen (secondary N) is 1. The SMILES string of the molecule is CCOC(=O)C(N)CSCC(=O)Nc1ccc(Br)cc1. The number of thioether (sulfide) groups is 1. The van der Waals surface area contributed by atoms with Crippen LogP contribution in [0.3, 0.4) is 0 Å². The molecule has 3 N–H and O–H groups in total. The van der Waals surface area contributed by atoms with Gasteiger partial charge in [-0.05, 0) is 31.2 Å². The molecule has 1 amide bonds. The Labute approximate surface area is 130 Å². The van der Waals surface area contributed by atoms with Crippen molar-refractivity contribution in [2.75, 3.05) is 23.4 Å². The van der Waals surface area contributed by atoms with E-state index in [1.165, 1.54) is 11.8 Å². The fourth-order valence-corrected chi connectivity index (χ4v) is 2.36. The molecule has 0 fully saturated rings. The Hall–Kier alpha value is -1.05. The van der Waals surface area contributed by atoms with Gasteiger partial charge in [-0.3, -0.25) is 9.59 Å². The lowest BCUT2D eigenvalue weighted by Crippen LogP contribution is -2.35. The lowest BCUT2D eigenvalue weighted by Gasteiger charge is -2.10. The van der Waals surface area contributed by atoms with E-state index in [0.29, 0.717) is 12.4 Å². The molecule has 0 saturated heterocycles. The summed E-state index contributed by atoms with van der Waals surface area (Å²) in [7, 11) is 0. The summed E-state index contributed by atoms with van der Waals surface area (Å²) in [6, 6.07) is 6.60. The summed E-state index contributed by atoms with van der Waals surface area (Å²) in [6.45, 7) is 2.03. The Kier molecular flexibility index (Phi) is 7.64. The average Bonchev–Trinajstić information content (AvgIpc) is 2.41. The van der Waals surface area contributed by atoms with E-state index in [-0.39, 0.29) is 11.7 Å². The zero-order valence-corrected chi connectivity index (χ0v) is 13.5. The Morgan fingerprint density at radius 2 is 2.05 bits per heavy atom. The summed E-state index contributed by atoms with van der Waals surface area (Å²) in [5.41, 5.74) is 6.36. The van der Waals surface area contributed by atoms with Crippen LogP contribution in [0, 0.1) is 0 Å². The zero-order valence-electron chi connectivity index (χ0n) is 11.1.